The lowest BCUT2D eigenvalue weighted by molar-refractivity contribution is 0.135. The molecule has 0 saturated heterocycles. The highest BCUT2D eigenvalue weighted by molar-refractivity contribution is 5.78. The van der Waals surface area contributed by atoms with Crippen LogP contribution in [0.1, 0.15) is 32.7 Å². The Labute approximate surface area is 118 Å². The maximum Gasteiger partial charge on any atom is 0.158 e. The van der Waals surface area contributed by atoms with E-state index in [2.05, 4.69) is 41.4 Å². The summed E-state index contributed by atoms with van der Waals surface area (Å²) in [5, 5.41) is 8.83. The van der Waals surface area contributed by atoms with E-state index in [4.69, 9.17) is 4.74 Å². The van der Waals surface area contributed by atoms with E-state index in [1.54, 1.807) is 6.26 Å². The van der Waals surface area contributed by atoms with Gasteiger partial charge in [0, 0.05) is 11.4 Å². The van der Waals surface area contributed by atoms with Gasteiger partial charge in [-0.1, -0.05) is 0 Å². The second-order valence-electron chi connectivity index (χ2n) is 5.41. The van der Waals surface area contributed by atoms with Gasteiger partial charge in [0.25, 0.3) is 0 Å². The molecule has 0 saturated carbocycles. The summed E-state index contributed by atoms with van der Waals surface area (Å²) in [6.07, 6.45) is 9.98. The maximum absolute atomic E-state index is 5.54. The molecule has 1 unspecified atom stereocenters. The number of pyridine rings is 1. The molecular formula is C15H20N4O. The van der Waals surface area contributed by atoms with Crippen LogP contribution in [0.2, 0.25) is 0 Å². The highest BCUT2D eigenvalue weighted by atomic mass is 16.5. The van der Waals surface area contributed by atoms with Crippen LogP contribution >= 0.6 is 0 Å². The van der Waals surface area contributed by atoms with Gasteiger partial charge < -0.3 is 10.1 Å². The van der Waals surface area contributed by atoms with Gasteiger partial charge in [-0.15, -0.1) is 0 Å². The lowest BCUT2D eigenvalue weighted by atomic mass is 10.1. The van der Waals surface area contributed by atoms with E-state index >= 15 is 0 Å². The molecule has 106 valence electrons. The molecule has 1 aliphatic rings. The van der Waals surface area contributed by atoms with Gasteiger partial charge in [-0.3, -0.25) is 0 Å². The van der Waals surface area contributed by atoms with Gasteiger partial charge in [-0.25, -0.2) is 9.67 Å². The summed E-state index contributed by atoms with van der Waals surface area (Å²) in [5.41, 5.74) is 1.95. The summed E-state index contributed by atoms with van der Waals surface area (Å²) in [7, 11) is 0. The highest BCUT2D eigenvalue weighted by Gasteiger charge is 2.11. The summed E-state index contributed by atoms with van der Waals surface area (Å²) in [4.78, 5) is 4.51. The molecule has 1 atom stereocenters. The fourth-order valence-electron chi connectivity index (χ4n) is 2.38. The molecule has 0 amide bonds. The molecule has 5 nitrogen and oxygen atoms in total. The second kappa shape index (κ2) is 5.53. The Kier molecular flexibility index (Phi) is 3.58. The SMILES string of the molecule is CC(C)n1ncc2cc(NCC3CCC=CO3)cnc21. The number of rotatable bonds is 4. The summed E-state index contributed by atoms with van der Waals surface area (Å²) >= 11 is 0. The van der Waals surface area contributed by atoms with E-state index < -0.39 is 0 Å². The Morgan fingerprint density at radius 1 is 1.45 bits per heavy atom. The van der Waals surface area contributed by atoms with Gasteiger partial charge in [0.15, 0.2) is 5.65 Å². The minimum atomic E-state index is 0.245. The number of hydrogen-bond acceptors (Lipinski definition) is 4. The van der Waals surface area contributed by atoms with E-state index in [0.29, 0.717) is 6.04 Å². The maximum atomic E-state index is 5.54. The first-order valence-electron chi connectivity index (χ1n) is 7.11. The molecule has 0 spiro atoms. The minimum absolute atomic E-state index is 0.245. The van der Waals surface area contributed by atoms with Crippen LogP contribution in [0.4, 0.5) is 5.69 Å². The normalized spacial score (nSPS) is 18.4. The van der Waals surface area contributed by atoms with Crippen molar-refractivity contribution in [1.82, 2.24) is 14.8 Å². The number of ether oxygens (including phenoxy) is 1. The zero-order valence-electron chi connectivity index (χ0n) is 11.9. The third-order valence-electron chi connectivity index (χ3n) is 3.48. The van der Waals surface area contributed by atoms with Crippen LogP contribution < -0.4 is 5.32 Å². The molecule has 0 bridgehead atoms. The van der Waals surface area contributed by atoms with Crippen LogP contribution in [0, 0.1) is 0 Å². The van der Waals surface area contributed by atoms with Crippen LogP contribution in [0.5, 0.6) is 0 Å². The number of fused-ring (bicyclic) bond motifs is 1. The fraction of sp³-hybridized carbons (Fsp3) is 0.467. The van der Waals surface area contributed by atoms with Crippen molar-refractivity contribution in [3.05, 3.63) is 30.8 Å². The lowest BCUT2D eigenvalue weighted by Gasteiger charge is -2.20. The van der Waals surface area contributed by atoms with Crippen molar-refractivity contribution < 1.29 is 4.74 Å². The smallest absolute Gasteiger partial charge is 0.158 e. The molecule has 0 aromatic carbocycles. The molecule has 3 heterocycles. The molecule has 2 aromatic heterocycles. The van der Waals surface area contributed by atoms with Crippen molar-refractivity contribution in [2.75, 3.05) is 11.9 Å². The zero-order valence-corrected chi connectivity index (χ0v) is 11.9. The van der Waals surface area contributed by atoms with Crippen molar-refractivity contribution in [1.29, 1.82) is 0 Å². The van der Waals surface area contributed by atoms with Crippen molar-refractivity contribution in [2.45, 2.75) is 38.8 Å². The van der Waals surface area contributed by atoms with Crippen molar-refractivity contribution in [2.24, 2.45) is 0 Å². The molecule has 5 heteroatoms. The first-order valence-corrected chi connectivity index (χ1v) is 7.11. The third kappa shape index (κ3) is 2.61. The number of anilines is 1. The Bertz CT molecular complexity index is 617. The Hall–Kier alpha value is -2.04. The Morgan fingerprint density at radius 2 is 2.35 bits per heavy atom. The van der Waals surface area contributed by atoms with Gasteiger partial charge in [0.05, 0.1) is 30.9 Å². The predicted molar refractivity (Wildman–Crippen MR) is 79.6 cm³/mol. The molecule has 1 N–H and O–H groups in total. The molecule has 3 rings (SSSR count). The predicted octanol–water partition coefficient (Wildman–Crippen LogP) is 3.12. The number of nitrogens with one attached hydrogen (secondary N) is 1. The van der Waals surface area contributed by atoms with Crippen molar-refractivity contribution in [3.63, 3.8) is 0 Å². The molecular weight excluding hydrogens is 252 g/mol. The van der Waals surface area contributed by atoms with Crippen molar-refractivity contribution in [3.8, 4) is 0 Å². The Morgan fingerprint density at radius 3 is 3.10 bits per heavy atom. The zero-order chi connectivity index (χ0) is 13.9. The summed E-state index contributed by atoms with van der Waals surface area (Å²) in [5.74, 6) is 0. The molecule has 2 aromatic rings. The topological polar surface area (TPSA) is 52.0 Å². The van der Waals surface area contributed by atoms with E-state index in [0.717, 1.165) is 36.1 Å². The summed E-state index contributed by atoms with van der Waals surface area (Å²) in [6, 6.07) is 2.41. The Balaban J connectivity index is 1.71. The first kappa shape index (κ1) is 13.0. The van der Waals surface area contributed by atoms with Crippen molar-refractivity contribution >= 4 is 16.7 Å². The van der Waals surface area contributed by atoms with E-state index in [-0.39, 0.29) is 6.10 Å². The fourth-order valence-corrected chi connectivity index (χ4v) is 2.38. The molecule has 0 fully saturated rings. The van der Waals surface area contributed by atoms with Gasteiger partial charge in [-0.2, -0.15) is 5.10 Å². The van der Waals surface area contributed by atoms with Crippen LogP contribution in [0.25, 0.3) is 11.0 Å². The van der Waals surface area contributed by atoms with Gasteiger partial charge >= 0.3 is 0 Å². The number of allylic oxidation sites excluding steroid dienone is 1. The van der Waals surface area contributed by atoms with E-state index in [1.807, 2.05) is 17.1 Å². The summed E-state index contributed by atoms with van der Waals surface area (Å²) < 4.78 is 7.48. The minimum Gasteiger partial charge on any atom is -0.497 e. The summed E-state index contributed by atoms with van der Waals surface area (Å²) in [6.45, 7) is 5.01. The average molecular weight is 272 g/mol. The second-order valence-corrected chi connectivity index (χ2v) is 5.41. The van der Waals surface area contributed by atoms with Gasteiger partial charge in [0.2, 0.25) is 0 Å². The van der Waals surface area contributed by atoms with E-state index in [1.165, 1.54) is 0 Å². The van der Waals surface area contributed by atoms with Crippen LogP contribution in [-0.2, 0) is 4.74 Å². The number of nitrogens with zero attached hydrogens (tertiary/aromatic N) is 3. The largest absolute Gasteiger partial charge is 0.497 e. The van der Waals surface area contributed by atoms with Crippen LogP contribution in [0.3, 0.4) is 0 Å². The van der Waals surface area contributed by atoms with Gasteiger partial charge in [-0.05, 0) is 38.8 Å². The monoisotopic (exact) mass is 272 g/mol. The molecule has 0 radical (unpaired) electrons. The number of aromatic nitrogens is 3. The average Bonchev–Trinajstić information content (AvgIpc) is 2.89. The lowest BCUT2D eigenvalue weighted by Crippen LogP contribution is -2.23. The molecule has 1 aliphatic heterocycles. The molecule has 0 aliphatic carbocycles. The first-order chi connectivity index (χ1) is 9.74. The quantitative estimate of drug-likeness (QED) is 0.929. The van der Waals surface area contributed by atoms with Crippen LogP contribution in [-0.4, -0.2) is 27.4 Å². The van der Waals surface area contributed by atoms with E-state index in [9.17, 15) is 0 Å². The third-order valence-corrected chi connectivity index (χ3v) is 3.48. The number of hydrogen-bond donors (Lipinski definition) is 1. The highest BCUT2D eigenvalue weighted by Crippen LogP contribution is 2.19. The molecule has 20 heavy (non-hydrogen) atoms. The van der Waals surface area contributed by atoms with Crippen LogP contribution in [0.15, 0.2) is 30.8 Å². The standard InChI is InChI=1S/C15H20N4O/c1-11(2)19-15-12(8-18-19)7-13(9-17-15)16-10-14-5-3-4-6-20-14/h4,6-9,11,14,16H,3,5,10H2,1-2H3. The van der Waals surface area contributed by atoms with Gasteiger partial charge in [0.1, 0.15) is 6.10 Å².